The zero-order valence-electron chi connectivity index (χ0n) is 16.9. The van der Waals surface area contributed by atoms with Crippen LogP contribution in [0, 0.1) is 5.82 Å². The highest BCUT2D eigenvalue weighted by molar-refractivity contribution is 6.06. The number of amides is 2. The van der Waals surface area contributed by atoms with Crippen molar-refractivity contribution < 1.29 is 18.7 Å². The largest absolute Gasteiger partial charge is 0.495 e. The number of hydrogen-bond acceptors (Lipinski definition) is 5. The number of halogens is 1. The molecule has 0 unspecified atom stereocenters. The molecule has 8 nitrogen and oxygen atoms in total. The minimum absolute atomic E-state index is 0.120. The molecule has 2 amide bonds. The molecule has 0 radical (unpaired) electrons. The molecular weight excluding hydrogens is 413 g/mol. The Hall–Kier alpha value is -4.53. The maximum Gasteiger partial charge on any atom is 0.277 e. The van der Waals surface area contributed by atoms with Crippen molar-refractivity contribution >= 4 is 23.2 Å². The number of benzene rings is 3. The van der Waals surface area contributed by atoms with E-state index in [-0.39, 0.29) is 11.3 Å². The highest BCUT2D eigenvalue weighted by Crippen LogP contribution is 2.28. The number of anilines is 2. The molecule has 4 rings (SSSR count). The summed E-state index contributed by atoms with van der Waals surface area (Å²) in [6, 6.07) is 19.3. The van der Waals surface area contributed by atoms with Crippen LogP contribution in [-0.4, -0.2) is 33.9 Å². The zero-order valence-corrected chi connectivity index (χ0v) is 16.9. The van der Waals surface area contributed by atoms with Crippen molar-refractivity contribution in [3.05, 3.63) is 96.1 Å². The lowest BCUT2D eigenvalue weighted by Crippen LogP contribution is -2.15. The summed E-state index contributed by atoms with van der Waals surface area (Å²) < 4.78 is 20.2. The Bertz CT molecular complexity index is 1270. The van der Waals surface area contributed by atoms with Crippen LogP contribution in [0.3, 0.4) is 0 Å². The number of nitrogens with one attached hydrogen (secondary N) is 2. The Morgan fingerprint density at radius 2 is 1.75 bits per heavy atom. The molecule has 0 fully saturated rings. The van der Waals surface area contributed by atoms with Gasteiger partial charge in [-0.3, -0.25) is 9.59 Å². The number of aromatic nitrogens is 3. The monoisotopic (exact) mass is 431 g/mol. The third kappa shape index (κ3) is 4.62. The van der Waals surface area contributed by atoms with Crippen molar-refractivity contribution in [3.8, 4) is 11.4 Å². The molecule has 4 aromatic rings. The molecule has 2 N–H and O–H groups in total. The van der Waals surface area contributed by atoms with E-state index < -0.39 is 17.6 Å². The predicted octanol–water partition coefficient (Wildman–Crippen LogP) is 3.92. The lowest BCUT2D eigenvalue weighted by atomic mass is 10.2. The third-order valence-electron chi connectivity index (χ3n) is 4.54. The van der Waals surface area contributed by atoms with Crippen molar-refractivity contribution in [2.45, 2.75) is 0 Å². The smallest absolute Gasteiger partial charge is 0.277 e. The number of methoxy groups -OCH3 is 1. The molecule has 0 bridgehead atoms. The van der Waals surface area contributed by atoms with E-state index in [0.29, 0.717) is 17.1 Å². The second kappa shape index (κ2) is 9.09. The molecule has 3 aromatic carbocycles. The van der Waals surface area contributed by atoms with Gasteiger partial charge in [0.2, 0.25) is 0 Å². The van der Waals surface area contributed by atoms with Gasteiger partial charge in [0.25, 0.3) is 11.8 Å². The van der Waals surface area contributed by atoms with Gasteiger partial charge in [0.05, 0.1) is 24.7 Å². The van der Waals surface area contributed by atoms with Crippen LogP contribution in [0.1, 0.15) is 20.8 Å². The number of carbonyl (C=O) groups is 2. The molecule has 32 heavy (non-hydrogen) atoms. The fourth-order valence-electron chi connectivity index (χ4n) is 2.98. The summed E-state index contributed by atoms with van der Waals surface area (Å²) in [5.74, 6) is -1.13. The van der Waals surface area contributed by atoms with Crippen LogP contribution in [0.25, 0.3) is 5.69 Å². The summed E-state index contributed by atoms with van der Waals surface area (Å²) in [7, 11) is 1.45. The number of ether oxygens (including phenoxy) is 1. The van der Waals surface area contributed by atoms with Gasteiger partial charge in [-0.05, 0) is 48.5 Å². The molecule has 0 spiro atoms. The van der Waals surface area contributed by atoms with Crippen LogP contribution in [-0.2, 0) is 0 Å². The summed E-state index contributed by atoms with van der Waals surface area (Å²) in [4.78, 5) is 25.1. The van der Waals surface area contributed by atoms with Gasteiger partial charge in [0.1, 0.15) is 11.6 Å². The summed E-state index contributed by atoms with van der Waals surface area (Å²) >= 11 is 0. The maximum atomic E-state index is 13.4. The van der Waals surface area contributed by atoms with Gasteiger partial charge >= 0.3 is 0 Å². The van der Waals surface area contributed by atoms with Crippen LogP contribution >= 0.6 is 0 Å². The van der Waals surface area contributed by atoms with Crippen LogP contribution in [0.4, 0.5) is 15.8 Å². The van der Waals surface area contributed by atoms with Crippen LogP contribution in [0.2, 0.25) is 0 Å². The zero-order chi connectivity index (χ0) is 22.5. The Morgan fingerprint density at radius 1 is 0.938 bits per heavy atom. The lowest BCUT2D eigenvalue weighted by molar-refractivity contribution is 0.101. The first-order chi connectivity index (χ1) is 15.5. The normalized spacial score (nSPS) is 10.4. The van der Waals surface area contributed by atoms with E-state index in [9.17, 15) is 14.0 Å². The molecule has 160 valence electrons. The van der Waals surface area contributed by atoms with Gasteiger partial charge in [-0.2, -0.15) is 0 Å². The molecule has 0 aliphatic heterocycles. The second-order valence-electron chi connectivity index (χ2n) is 6.72. The first-order valence-corrected chi connectivity index (χ1v) is 9.57. The molecular formula is C23H18FN5O3. The summed E-state index contributed by atoms with van der Waals surface area (Å²) in [6.45, 7) is 0. The van der Waals surface area contributed by atoms with Crippen LogP contribution in [0.5, 0.6) is 5.75 Å². The average molecular weight is 431 g/mol. The van der Waals surface area contributed by atoms with E-state index in [0.717, 1.165) is 11.8 Å². The first kappa shape index (κ1) is 20.7. The van der Waals surface area contributed by atoms with Crippen molar-refractivity contribution in [2.24, 2.45) is 0 Å². The van der Waals surface area contributed by atoms with Crippen LogP contribution < -0.4 is 15.4 Å². The fourth-order valence-corrected chi connectivity index (χ4v) is 2.98. The third-order valence-corrected chi connectivity index (χ3v) is 4.54. The quantitative estimate of drug-likeness (QED) is 0.482. The summed E-state index contributed by atoms with van der Waals surface area (Å²) in [5, 5.41) is 13.3. The minimum atomic E-state index is -0.519. The highest BCUT2D eigenvalue weighted by atomic mass is 19.1. The van der Waals surface area contributed by atoms with Gasteiger partial charge in [0, 0.05) is 11.3 Å². The number of carbonyl (C=O) groups excluding carboxylic acids is 2. The van der Waals surface area contributed by atoms with E-state index in [1.807, 2.05) is 30.3 Å². The molecule has 1 heterocycles. The predicted molar refractivity (Wildman–Crippen MR) is 117 cm³/mol. The Labute approximate surface area is 182 Å². The summed E-state index contributed by atoms with van der Waals surface area (Å²) in [5.41, 5.74) is 1.76. The first-order valence-electron chi connectivity index (χ1n) is 9.57. The topological polar surface area (TPSA) is 98.1 Å². The van der Waals surface area contributed by atoms with E-state index in [2.05, 4.69) is 20.9 Å². The Morgan fingerprint density at radius 3 is 2.50 bits per heavy atom. The SMILES string of the molecule is COc1ccc(NC(=O)c2cn(-c3ccccc3)nn2)cc1NC(=O)c1cccc(F)c1. The number of hydrogen-bond donors (Lipinski definition) is 2. The van der Waals surface area contributed by atoms with Crippen molar-refractivity contribution in [3.63, 3.8) is 0 Å². The molecule has 9 heteroatoms. The molecule has 0 aliphatic carbocycles. The van der Waals surface area contributed by atoms with Gasteiger partial charge in [0.15, 0.2) is 5.69 Å². The van der Waals surface area contributed by atoms with E-state index >= 15 is 0 Å². The Balaban J connectivity index is 1.51. The molecule has 1 aromatic heterocycles. The lowest BCUT2D eigenvalue weighted by Gasteiger charge is -2.12. The highest BCUT2D eigenvalue weighted by Gasteiger charge is 2.15. The van der Waals surface area contributed by atoms with Crippen LogP contribution in [0.15, 0.2) is 79.0 Å². The van der Waals surface area contributed by atoms with Crippen molar-refractivity contribution in [2.75, 3.05) is 17.7 Å². The standard InChI is InChI=1S/C23H18FN5O3/c1-32-21-11-10-17(13-19(21)26-22(30)15-6-5-7-16(24)12-15)25-23(31)20-14-29(28-27-20)18-8-3-2-4-9-18/h2-14H,1H3,(H,25,31)(H,26,30). The van der Waals surface area contributed by atoms with E-state index in [4.69, 9.17) is 4.74 Å². The molecule has 0 aliphatic rings. The van der Waals surface area contributed by atoms with Gasteiger partial charge < -0.3 is 15.4 Å². The number of nitrogens with zero attached hydrogens (tertiary/aromatic N) is 3. The number of para-hydroxylation sites is 1. The average Bonchev–Trinajstić information content (AvgIpc) is 3.30. The van der Waals surface area contributed by atoms with E-state index in [1.165, 1.54) is 42.3 Å². The van der Waals surface area contributed by atoms with Gasteiger partial charge in [-0.25, -0.2) is 9.07 Å². The van der Waals surface area contributed by atoms with Gasteiger partial charge in [-0.1, -0.05) is 29.5 Å². The molecule has 0 saturated heterocycles. The summed E-state index contributed by atoms with van der Waals surface area (Å²) in [6.07, 6.45) is 1.51. The van der Waals surface area contributed by atoms with Crippen molar-refractivity contribution in [1.29, 1.82) is 0 Å². The van der Waals surface area contributed by atoms with Crippen molar-refractivity contribution in [1.82, 2.24) is 15.0 Å². The fraction of sp³-hybridized carbons (Fsp3) is 0.0435. The second-order valence-corrected chi connectivity index (χ2v) is 6.72. The molecule has 0 saturated carbocycles. The Kier molecular flexibility index (Phi) is 5.89. The maximum absolute atomic E-state index is 13.4. The van der Waals surface area contributed by atoms with Gasteiger partial charge in [-0.15, -0.1) is 5.10 Å². The van der Waals surface area contributed by atoms with E-state index in [1.54, 1.807) is 12.1 Å². The number of rotatable bonds is 6. The minimum Gasteiger partial charge on any atom is -0.495 e. The molecule has 0 atom stereocenters.